The molecule has 2 heteroatoms. The predicted molar refractivity (Wildman–Crippen MR) is 85.5 cm³/mol. The number of aryl methyl sites for hydroxylation is 1. The minimum absolute atomic E-state index is 0.109. The highest BCUT2D eigenvalue weighted by molar-refractivity contribution is 5.41. The molecule has 20 heavy (non-hydrogen) atoms. The summed E-state index contributed by atoms with van der Waals surface area (Å²) in [5, 5.41) is 3.38. The number of rotatable bonds is 3. The lowest BCUT2D eigenvalue weighted by Gasteiger charge is -2.51. The van der Waals surface area contributed by atoms with E-state index in [0.29, 0.717) is 12.1 Å². The summed E-state index contributed by atoms with van der Waals surface area (Å²) in [4.78, 5) is 0. The molecule has 1 aromatic carbocycles. The zero-order valence-corrected chi connectivity index (χ0v) is 14.0. The summed E-state index contributed by atoms with van der Waals surface area (Å²) in [7, 11) is 2.04. The zero-order valence-electron chi connectivity index (χ0n) is 14.0. The van der Waals surface area contributed by atoms with E-state index in [1.807, 2.05) is 7.05 Å². The second-order valence-corrected chi connectivity index (χ2v) is 7.75. The molecular formula is C18H29NO. The Morgan fingerprint density at radius 2 is 1.90 bits per heavy atom. The van der Waals surface area contributed by atoms with E-state index >= 15 is 0 Å². The summed E-state index contributed by atoms with van der Waals surface area (Å²) in [6.07, 6.45) is 1.38. The standard InChI is InChI=1S/C18H29NO/c1-12-8-9-14(13(10-12)17(2,3)4)20-16-11-15(19-7)18(16,5)6/h8-10,15-16,19H,11H2,1-7H3. The molecule has 0 amide bonds. The third-order valence-corrected chi connectivity index (χ3v) is 4.74. The van der Waals surface area contributed by atoms with Crippen molar-refractivity contribution in [2.45, 2.75) is 65.5 Å². The molecule has 2 unspecified atom stereocenters. The van der Waals surface area contributed by atoms with Crippen LogP contribution >= 0.6 is 0 Å². The lowest BCUT2D eigenvalue weighted by atomic mass is 9.64. The maximum Gasteiger partial charge on any atom is 0.123 e. The molecule has 1 aliphatic rings. The fraction of sp³-hybridized carbons (Fsp3) is 0.667. The quantitative estimate of drug-likeness (QED) is 0.898. The second-order valence-electron chi connectivity index (χ2n) is 7.75. The molecule has 0 spiro atoms. The van der Waals surface area contributed by atoms with Crippen LogP contribution in [0.1, 0.15) is 52.2 Å². The largest absolute Gasteiger partial charge is 0.489 e. The Kier molecular flexibility index (Phi) is 3.90. The lowest BCUT2D eigenvalue weighted by Crippen LogP contribution is -2.61. The van der Waals surface area contributed by atoms with Gasteiger partial charge in [-0.2, -0.15) is 0 Å². The Balaban J connectivity index is 2.23. The zero-order chi connectivity index (χ0) is 15.1. The number of hydrogen-bond acceptors (Lipinski definition) is 2. The van der Waals surface area contributed by atoms with Gasteiger partial charge >= 0.3 is 0 Å². The van der Waals surface area contributed by atoms with E-state index in [-0.39, 0.29) is 10.8 Å². The van der Waals surface area contributed by atoms with Crippen molar-refractivity contribution in [3.63, 3.8) is 0 Å². The van der Waals surface area contributed by atoms with E-state index in [0.717, 1.165) is 12.2 Å². The molecule has 0 bridgehead atoms. The molecule has 1 aliphatic carbocycles. The first-order chi connectivity index (χ1) is 9.16. The van der Waals surface area contributed by atoms with Gasteiger partial charge in [0.2, 0.25) is 0 Å². The van der Waals surface area contributed by atoms with Crippen LogP contribution in [0.4, 0.5) is 0 Å². The summed E-state index contributed by atoms with van der Waals surface area (Å²) in [6.45, 7) is 13.5. The summed E-state index contributed by atoms with van der Waals surface area (Å²) < 4.78 is 6.37. The van der Waals surface area contributed by atoms with Crippen LogP contribution < -0.4 is 10.1 Å². The molecule has 112 valence electrons. The molecular weight excluding hydrogens is 246 g/mol. The highest BCUT2D eigenvalue weighted by atomic mass is 16.5. The third kappa shape index (κ3) is 2.71. The highest BCUT2D eigenvalue weighted by Gasteiger charge is 2.49. The van der Waals surface area contributed by atoms with Crippen molar-refractivity contribution in [1.29, 1.82) is 0 Å². The van der Waals surface area contributed by atoms with Crippen LogP contribution in [0.5, 0.6) is 5.75 Å². The molecule has 1 N–H and O–H groups in total. The van der Waals surface area contributed by atoms with Crippen molar-refractivity contribution < 1.29 is 4.74 Å². The van der Waals surface area contributed by atoms with Crippen molar-refractivity contribution in [3.8, 4) is 5.75 Å². The second kappa shape index (κ2) is 5.07. The molecule has 0 saturated heterocycles. The van der Waals surface area contributed by atoms with Gasteiger partial charge in [-0.15, -0.1) is 0 Å². The van der Waals surface area contributed by atoms with Crippen molar-refractivity contribution in [1.82, 2.24) is 5.32 Å². The van der Waals surface area contributed by atoms with Crippen LogP contribution in [-0.2, 0) is 5.41 Å². The maximum atomic E-state index is 6.37. The summed E-state index contributed by atoms with van der Waals surface area (Å²) in [5.74, 6) is 1.05. The van der Waals surface area contributed by atoms with E-state index in [1.165, 1.54) is 11.1 Å². The van der Waals surface area contributed by atoms with E-state index in [9.17, 15) is 0 Å². The Bertz CT molecular complexity index is 485. The normalized spacial score (nSPS) is 25.1. The molecule has 1 fully saturated rings. The maximum absolute atomic E-state index is 6.37. The van der Waals surface area contributed by atoms with Gasteiger partial charge in [0.1, 0.15) is 11.9 Å². The minimum Gasteiger partial charge on any atom is -0.489 e. The SMILES string of the molecule is CNC1CC(Oc2ccc(C)cc2C(C)(C)C)C1(C)C. The van der Waals surface area contributed by atoms with Gasteiger partial charge in [0.05, 0.1) is 0 Å². The summed E-state index contributed by atoms with van der Waals surface area (Å²) in [5.41, 5.74) is 2.90. The molecule has 1 saturated carbocycles. The fourth-order valence-electron chi connectivity index (χ4n) is 3.06. The van der Waals surface area contributed by atoms with Crippen LogP contribution in [0, 0.1) is 12.3 Å². The van der Waals surface area contributed by atoms with Crippen molar-refractivity contribution in [3.05, 3.63) is 29.3 Å². The Morgan fingerprint density at radius 1 is 1.25 bits per heavy atom. The third-order valence-electron chi connectivity index (χ3n) is 4.74. The predicted octanol–water partition coefficient (Wildman–Crippen LogP) is 4.06. The Labute approximate surface area is 123 Å². The van der Waals surface area contributed by atoms with Crippen molar-refractivity contribution in [2.75, 3.05) is 7.05 Å². The van der Waals surface area contributed by atoms with Crippen LogP contribution in [0.3, 0.4) is 0 Å². The van der Waals surface area contributed by atoms with E-state index in [2.05, 4.69) is 65.1 Å². The van der Waals surface area contributed by atoms with Gasteiger partial charge in [0.15, 0.2) is 0 Å². The van der Waals surface area contributed by atoms with Crippen LogP contribution in [0.2, 0.25) is 0 Å². The highest BCUT2D eigenvalue weighted by Crippen LogP contribution is 2.44. The number of benzene rings is 1. The van der Waals surface area contributed by atoms with Gasteiger partial charge in [-0.1, -0.05) is 52.3 Å². The molecule has 2 nitrogen and oxygen atoms in total. The first-order valence-electron chi connectivity index (χ1n) is 7.61. The molecule has 0 aliphatic heterocycles. The first kappa shape index (κ1) is 15.4. The van der Waals surface area contributed by atoms with Gasteiger partial charge in [-0.25, -0.2) is 0 Å². The van der Waals surface area contributed by atoms with E-state index < -0.39 is 0 Å². The van der Waals surface area contributed by atoms with E-state index in [1.54, 1.807) is 0 Å². The van der Waals surface area contributed by atoms with Gasteiger partial charge in [-0.3, -0.25) is 0 Å². The van der Waals surface area contributed by atoms with Gasteiger partial charge in [0, 0.05) is 17.9 Å². The molecule has 2 rings (SSSR count). The monoisotopic (exact) mass is 275 g/mol. The Morgan fingerprint density at radius 3 is 2.40 bits per heavy atom. The van der Waals surface area contributed by atoms with Crippen molar-refractivity contribution in [2.24, 2.45) is 5.41 Å². The van der Waals surface area contributed by atoms with Gasteiger partial charge in [0.25, 0.3) is 0 Å². The van der Waals surface area contributed by atoms with Gasteiger partial charge < -0.3 is 10.1 Å². The van der Waals surface area contributed by atoms with Crippen LogP contribution in [0.25, 0.3) is 0 Å². The van der Waals surface area contributed by atoms with Crippen LogP contribution in [0.15, 0.2) is 18.2 Å². The Hall–Kier alpha value is -1.02. The number of ether oxygens (including phenoxy) is 1. The molecule has 0 heterocycles. The average molecular weight is 275 g/mol. The van der Waals surface area contributed by atoms with E-state index in [4.69, 9.17) is 4.74 Å². The molecule has 1 aromatic rings. The van der Waals surface area contributed by atoms with Crippen LogP contribution in [-0.4, -0.2) is 19.2 Å². The topological polar surface area (TPSA) is 21.3 Å². The fourth-order valence-corrected chi connectivity index (χ4v) is 3.06. The van der Waals surface area contributed by atoms with Gasteiger partial charge in [-0.05, 0) is 31.0 Å². The minimum atomic E-state index is 0.109. The summed E-state index contributed by atoms with van der Waals surface area (Å²) in [6, 6.07) is 7.09. The van der Waals surface area contributed by atoms with Crippen molar-refractivity contribution >= 4 is 0 Å². The average Bonchev–Trinajstić information content (AvgIpc) is 2.34. The number of hydrogen-bond donors (Lipinski definition) is 1. The first-order valence-corrected chi connectivity index (χ1v) is 7.61. The smallest absolute Gasteiger partial charge is 0.123 e. The number of nitrogens with one attached hydrogen (secondary N) is 1. The molecule has 2 atom stereocenters. The molecule has 0 aromatic heterocycles. The summed E-state index contributed by atoms with van der Waals surface area (Å²) >= 11 is 0. The lowest BCUT2D eigenvalue weighted by molar-refractivity contribution is -0.0528. The molecule has 0 radical (unpaired) electrons.